The van der Waals surface area contributed by atoms with Crippen LogP contribution in [0.5, 0.6) is 0 Å². The molecule has 1 aromatic carbocycles. The maximum atomic E-state index is 11.6. The van der Waals surface area contributed by atoms with E-state index in [9.17, 15) is 4.79 Å². The van der Waals surface area contributed by atoms with Crippen molar-refractivity contribution in [2.24, 2.45) is 0 Å². The Bertz CT molecular complexity index is 335. The lowest BCUT2D eigenvalue weighted by atomic mass is 10.1. The van der Waals surface area contributed by atoms with Crippen LogP contribution in [0.3, 0.4) is 0 Å². The molecule has 1 atom stereocenters. The molecule has 3 nitrogen and oxygen atoms in total. The standard InChI is InChI=1S/C15H22O3/c1-3-4-5-7-10-13(2)17-18-15(16)14-11-8-6-9-12-14/h6,8-9,11-13H,3-5,7,10H2,1-2H3/t13-/m1/s1. The lowest BCUT2D eigenvalue weighted by Gasteiger charge is -2.10. The van der Waals surface area contributed by atoms with Crippen molar-refractivity contribution >= 4 is 5.97 Å². The highest BCUT2D eigenvalue weighted by Crippen LogP contribution is 2.09. The molecule has 0 aliphatic carbocycles. The van der Waals surface area contributed by atoms with Crippen LogP contribution in [0.25, 0.3) is 0 Å². The number of benzene rings is 1. The molecular weight excluding hydrogens is 228 g/mol. The molecule has 3 heteroatoms. The lowest BCUT2D eigenvalue weighted by molar-refractivity contribution is -0.271. The fourth-order valence-corrected chi connectivity index (χ4v) is 1.65. The van der Waals surface area contributed by atoms with E-state index in [-0.39, 0.29) is 6.10 Å². The second kappa shape index (κ2) is 8.70. The molecule has 0 bridgehead atoms. The van der Waals surface area contributed by atoms with E-state index in [0.29, 0.717) is 5.56 Å². The van der Waals surface area contributed by atoms with E-state index in [1.54, 1.807) is 24.3 Å². The highest BCUT2D eigenvalue weighted by molar-refractivity contribution is 5.88. The average Bonchev–Trinajstić information content (AvgIpc) is 2.42. The molecule has 0 aliphatic rings. The van der Waals surface area contributed by atoms with Gasteiger partial charge in [-0.05, 0) is 25.5 Å². The Balaban J connectivity index is 2.18. The van der Waals surface area contributed by atoms with Crippen LogP contribution in [-0.4, -0.2) is 12.1 Å². The molecule has 100 valence electrons. The largest absolute Gasteiger partial charge is 0.373 e. The number of rotatable bonds is 8. The molecule has 1 rings (SSSR count). The molecule has 0 aromatic heterocycles. The number of carbonyl (C=O) groups is 1. The van der Waals surface area contributed by atoms with Gasteiger partial charge in [0, 0.05) is 0 Å². The van der Waals surface area contributed by atoms with E-state index in [1.807, 2.05) is 13.0 Å². The summed E-state index contributed by atoms with van der Waals surface area (Å²) in [4.78, 5) is 21.5. The maximum Gasteiger partial charge on any atom is 0.373 e. The van der Waals surface area contributed by atoms with Crippen LogP contribution in [0.4, 0.5) is 0 Å². The third kappa shape index (κ3) is 5.82. The Hall–Kier alpha value is -1.35. The fraction of sp³-hybridized carbons (Fsp3) is 0.533. The van der Waals surface area contributed by atoms with Gasteiger partial charge in [-0.15, -0.1) is 0 Å². The zero-order valence-corrected chi connectivity index (χ0v) is 11.2. The highest BCUT2D eigenvalue weighted by Gasteiger charge is 2.10. The summed E-state index contributed by atoms with van der Waals surface area (Å²) in [6.45, 7) is 4.10. The molecule has 0 fully saturated rings. The van der Waals surface area contributed by atoms with Gasteiger partial charge >= 0.3 is 5.97 Å². The quantitative estimate of drug-likeness (QED) is 0.395. The lowest BCUT2D eigenvalue weighted by Crippen LogP contribution is -2.13. The Morgan fingerprint density at radius 1 is 1.17 bits per heavy atom. The summed E-state index contributed by atoms with van der Waals surface area (Å²) in [7, 11) is 0. The number of hydrogen-bond acceptors (Lipinski definition) is 3. The Labute approximate surface area is 109 Å². The predicted molar refractivity (Wildman–Crippen MR) is 71.2 cm³/mol. The van der Waals surface area contributed by atoms with Gasteiger partial charge in [-0.3, -0.25) is 4.89 Å². The smallest absolute Gasteiger partial charge is 0.293 e. The van der Waals surface area contributed by atoms with Gasteiger partial charge in [-0.25, -0.2) is 4.79 Å². The first-order valence-corrected chi connectivity index (χ1v) is 6.66. The predicted octanol–water partition coefficient (Wildman–Crippen LogP) is 4.13. The first kappa shape index (κ1) is 14.7. The summed E-state index contributed by atoms with van der Waals surface area (Å²) in [6.07, 6.45) is 5.65. The van der Waals surface area contributed by atoms with Crippen LogP contribution in [0.1, 0.15) is 56.3 Å². The molecule has 0 aliphatic heterocycles. The molecule has 0 spiro atoms. The second-order valence-electron chi connectivity index (χ2n) is 4.49. The zero-order chi connectivity index (χ0) is 13.2. The maximum absolute atomic E-state index is 11.6. The molecule has 0 amide bonds. The van der Waals surface area contributed by atoms with Gasteiger partial charge in [0.2, 0.25) is 0 Å². The SMILES string of the molecule is CCCCCC[C@@H](C)OOC(=O)c1ccccc1. The molecule has 0 saturated carbocycles. The Morgan fingerprint density at radius 2 is 1.89 bits per heavy atom. The molecule has 0 heterocycles. The summed E-state index contributed by atoms with van der Waals surface area (Å²) in [6, 6.07) is 8.86. The number of hydrogen-bond donors (Lipinski definition) is 0. The van der Waals surface area contributed by atoms with Crippen LogP contribution < -0.4 is 0 Å². The van der Waals surface area contributed by atoms with Crippen molar-refractivity contribution < 1.29 is 14.6 Å². The first-order valence-electron chi connectivity index (χ1n) is 6.66. The van der Waals surface area contributed by atoms with Crippen LogP contribution in [0, 0.1) is 0 Å². The minimum absolute atomic E-state index is 0.0467. The van der Waals surface area contributed by atoms with Gasteiger partial charge in [-0.2, -0.15) is 4.89 Å². The van der Waals surface area contributed by atoms with Crippen molar-refractivity contribution in [2.45, 2.75) is 52.1 Å². The zero-order valence-electron chi connectivity index (χ0n) is 11.2. The monoisotopic (exact) mass is 250 g/mol. The normalized spacial score (nSPS) is 12.1. The Morgan fingerprint density at radius 3 is 2.56 bits per heavy atom. The van der Waals surface area contributed by atoms with Crippen molar-refractivity contribution in [3.05, 3.63) is 35.9 Å². The molecule has 1 aromatic rings. The van der Waals surface area contributed by atoms with E-state index in [2.05, 4.69) is 6.92 Å². The number of carbonyl (C=O) groups excluding carboxylic acids is 1. The van der Waals surface area contributed by atoms with Gasteiger partial charge in [0.15, 0.2) is 0 Å². The van der Waals surface area contributed by atoms with Crippen LogP contribution in [0.15, 0.2) is 30.3 Å². The average molecular weight is 250 g/mol. The highest BCUT2D eigenvalue weighted by atomic mass is 17.2. The van der Waals surface area contributed by atoms with Gasteiger partial charge in [0.25, 0.3) is 0 Å². The molecule has 0 saturated heterocycles. The van der Waals surface area contributed by atoms with E-state index in [1.165, 1.54) is 19.3 Å². The topological polar surface area (TPSA) is 35.5 Å². The van der Waals surface area contributed by atoms with Crippen LogP contribution in [-0.2, 0) is 9.78 Å². The second-order valence-corrected chi connectivity index (χ2v) is 4.49. The van der Waals surface area contributed by atoms with Crippen molar-refractivity contribution in [2.75, 3.05) is 0 Å². The van der Waals surface area contributed by atoms with Crippen LogP contribution in [0.2, 0.25) is 0 Å². The summed E-state index contributed by atoms with van der Waals surface area (Å²) < 4.78 is 0. The molecule has 0 N–H and O–H groups in total. The Kier molecular flexibility index (Phi) is 7.11. The van der Waals surface area contributed by atoms with Gasteiger partial charge in [0.05, 0.1) is 5.56 Å². The summed E-state index contributed by atoms with van der Waals surface area (Å²) in [5.74, 6) is -0.434. The van der Waals surface area contributed by atoms with E-state index < -0.39 is 5.97 Å². The summed E-state index contributed by atoms with van der Waals surface area (Å²) in [5.41, 5.74) is 0.510. The van der Waals surface area contributed by atoms with Crippen molar-refractivity contribution in [3.8, 4) is 0 Å². The number of unbranched alkanes of at least 4 members (excludes halogenated alkanes) is 3. The van der Waals surface area contributed by atoms with Gasteiger partial charge in [0.1, 0.15) is 6.10 Å². The van der Waals surface area contributed by atoms with E-state index >= 15 is 0 Å². The van der Waals surface area contributed by atoms with Crippen LogP contribution >= 0.6 is 0 Å². The summed E-state index contributed by atoms with van der Waals surface area (Å²) in [5, 5.41) is 0. The molecule has 18 heavy (non-hydrogen) atoms. The van der Waals surface area contributed by atoms with Crippen molar-refractivity contribution in [1.29, 1.82) is 0 Å². The molecule has 0 radical (unpaired) electrons. The minimum Gasteiger partial charge on any atom is -0.293 e. The van der Waals surface area contributed by atoms with Gasteiger partial charge in [-0.1, -0.05) is 50.8 Å². The first-order chi connectivity index (χ1) is 8.74. The molecule has 0 unspecified atom stereocenters. The third-order valence-electron chi connectivity index (χ3n) is 2.76. The minimum atomic E-state index is -0.434. The van der Waals surface area contributed by atoms with Crippen molar-refractivity contribution in [3.63, 3.8) is 0 Å². The fourth-order valence-electron chi connectivity index (χ4n) is 1.65. The van der Waals surface area contributed by atoms with Crippen molar-refractivity contribution in [1.82, 2.24) is 0 Å². The summed E-state index contributed by atoms with van der Waals surface area (Å²) >= 11 is 0. The van der Waals surface area contributed by atoms with E-state index in [4.69, 9.17) is 9.78 Å². The molecular formula is C15H22O3. The van der Waals surface area contributed by atoms with E-state index in [0.717, 1.165) is 12.8 Å². The van der Waals surface area contributed by atoms with Gasteiger partial charge < -0.3 is 0 Å². The third-order valence-corrected chi connectivity index (χ3v) is 2.76.